The van der Waals surface area contributed by atoms with Crippen molar-refractivity contribution in [1.82, 2.24) is 4.90 Å². The molecule has 1 heterocycles. The van der Waals surface area contributed by atoms with Gasteiger partial charge in [0.15, 0.2) is 0 Å². The van der Waals surface area contributed by atoms with Crippen LogP contribution in [0.5, 0.6) is 0 Å². The van der Waals surface area contributed by atoms with Gasteiger partial charge < -0.3 is 0 Å². The van der Waals surface area contributed by atoms with Gasteiger partial charge in [0.05, 0.1) is 0 Å². The predicted molar refractivity (Wildman–Crippen MR) is 84.5 cm³/mol. The fourth-order valence-electron chi connectivity index (χ4n) is 3.30. The summed E-state index contributed by atoms with van der Waals surface area (Å²) in [7, 11) is 0. The minimum absolute atomic E-state index is 0.791. The molecule has 2 aromatic rings. The lowest BCUT2D eigenvalue weighted by Crippen LogP contribution is -2.20. The molecule has 0 radical (unpaired) electrons. The first-order valence-electron chi connectivity index (χ1n) is 7.61. The van der Waals surface area contributed by atoms with Crippen LogP contribution in [-0.4, -0.2) is 18.0 Å². The SMILES string of the molecule is C[C@H]1CN(Cc2ccccc2)C[C@@H]1Cc1ccccc1. The van der Waals surface area contributed by atoms with Crippen molar-refractivity contribution in [2.75, 3.05) is 13.1 Å². The van der Waals surface area contributed by atoms with Crippen LogP contribution in [0.15, 0.2) is 60.7 Å². The Hall–Kier alpha value is -1.60. The number of likely N-dealkylation sites (tertiary alicyclic amines) is 1. The molecule has 2 aromatic carbocycles. The third kappa shape index (κ3) is 3.29. The molecule has 0 spiro atoms. The molecular weight excluding hydrogens is 242 g/mol. The highest BCUT2D eigenvalue weighted by Gasteiger charge is 2.29. The number of rotatable bonds is 4. The largest absolute Gasteiger partial charge is 0.299 e. The molecule has 0 unspecified atom stereocenters. The van der Waals surface area contributed by atoms with E-state index in [0.29, 0.717) is 0 Å². The monoisotopic (exact) mass is 265 g/mol. The molecule has 2 atom stereocenters. The van der Waals surface area contributed by atoms with Gasteiger partial charge in [0.25, 0.3) is 0 Å². The third-order valence-corrected chi connectivity index (χ3v) is 4.43. The van der Waals surface area contributed by atoms with Crippen LogP contribution in [0.4, 0.5) is 0 Å². The fraction of sp³-hybridized carbons (Fsp3) is 0.368. The molecule has 1 heteroatoms. The number of benzene rings is 2. The summed E-state index contributed by atoms with van der Waals surface area (Å²) in [4.78, 5) is 2.60. The predicted octanol–water partition coefficient (Wildman–Crippen LogP) is 4.00. The third-order valence-electron chi connectivity index (χ3n) is 4.43. The molecule has 1 fully saturated rings. The highest BCUT2D eigenvalue weighted by atomic mass is 15.1. The van der Waals surface area contributed by atoms with E-state index in [4.69, 9.17) is 0 Å². The van der Waals surface area contributed by atoms with Crippen LogP contribution in [-0.2, 0) is 13.0 Å². The van der Waals surface area contributed by atoms with E-state index in [1.165, 1.54) is 30.6 Å². The molecule has 20 heavy (non-hydrogen) atoms. The van der Waals surface area contributed by atoms with E-state index < -0.39 is 0 Å². The van der Waals surface area contributed by atoms with E-state index >= 15 is 0 Å². The molecule has 1 aliphatic rings. The second-order valence-corrected chi connectivity index (χ2v) is 6.11. The standard InChI is InChI=1S/C19H23N/c1-16-13-20(14-18-10-6-3-7-11-18)15-19(16)12-17-8-4-2-5-9-17/h2-11,16,19H,12-15H2,1H3/t16-,19-/m0/s1. The van der Waals surface area contributed by atoms with Crippen molar-refractivity contribution in [2.24, 2.45) is 11.8 Å². The summed E-state index contributed by atoms with van der Waals surface area (Å²) in [5, 5.41) is 0. The Morgan fingerprint density at radius 1 is 0.850 bits per heavy atom. The van der Waals surface area contributed by atoms with Gasteiger partial charge in [-0.2, -0.15) is 0 Å². The van der Waals surface area contributed by atoms with Gasteiger partial charge in [0.1, 0.15) is 0 Å². The lowest BCUT2D eigenvalue weighted by atomic mass is 9.91. The fourth-order valence-corrected chi connectivity index (χ4v) is 3.30. The molecule has 0 aliphatic carbocycles. The molecule has 1 aliphatic heterocycles. The van der Waals surface area contributed by atoms with Gasteiger partial charge in [0, 0.05) is 19.6 Å². The minimum Gasteiger partial charge on any atom is -0.299 e. The highest BCUT2D eigenvalue weighted by Crippen LogP contribution is 2.27. The summed E-state index contributed by atoms with van der Waals surface area (Å²) in [6.45, 7) is 5.95. The molecular formula is C19H23N. The van der Waals surface area contributed by atoms with Gasteiger partial charge in [-0.25, -0.2) is 0 Å². The first-order valence-corrected chi connectivity index (χ1v) is 7.61. The summed E-state index contributed by atoms with van der Waals surface area (Å²) in [5.74, 6) is 1.58. The van der Waals surface area contributed by atoms with Crippen LogP contribution in [0.3, 0.4) is 0 Å². The smallest absolute Gasteiger partial charge is 0.0233 e. The van der Waals surface area contributed by atoms with E-state index in [0.717, 1.165) is 18.4 Å². The van der Waals surface area contributed by atoms with E-state index in [9.17, 15) is 0 Å². The van der Waals surface area contributed by atoms with E-state index in [1.807, 2.05) is 0 Å². The van der Waals surface area contributed by atoms with Gasteiger partial charge in [-0.05, 0) is 29.4 Å². The molecule has 0 saturated carbocycles. The second kappa shape index (κ2) is 6.23. The second-order valence-electron chi connectivity index (χ2n) is 6.11. The Morgan fingerprint density at radius 3 is 2.10 bits per heavy atom. The van der Waals surface area contributed by atoms with Crippen LogP contribution < -0.4 is 0 Å². The minimum atomic E-state index is 0.791. The van der Waals surface area contributed by atoms with E-state index in [-0.39, 0.29) is 0 Å². The summed E-state index contributed by atoms with van der Waals surface area (Å²) in [6, 6.07) is 21.7. The first kappa shape index (κ1) is 13.4. The molecule has 3 rings (SSSR count). The Kier molecular flexibility index (Phi) is 4.17. The molecule has 1 nitrogen and oxygen atoms in total. The molecule has 1 saturated heterocycles. The van der Waals surface area contributed by atoms with Crippen molar-refractivity contribution >= 4 is 0 Å². The first-order chi connectivity index (χ1) is 9.81. The van der Waals surface area contributed by atoms with Gasteiger partial charge in [-0.15, -0.1) is 0 Å². The zero-order valence-electron chi connectivity index (χ0n) is 12.2. The van der Waals surface area contributed by atoms with Crippen LogP contribution in [0.1, 0.15) is 18.1 Å². The lowest BCUT2D eigenvalue weighted by molar-refractivity contribution is 0.314. The molecule has 0 aromatic heterocycles. The maximum Gasteiger partial charge on any atom is 0.0233 e. The summed E-state index contributed by atoms with van der Waals surface area (Å²) < 4.78 is 0. The van der Waals surface area contributed by atoms with Crippen molar-refractivity contribution in [3.8, 4) is 0 Å². The average molecular weight is 265 g/mol. The van der Waals surface area contributed by atoms with Gasteiger partial charge in [-0.1, -0.05) is 67.6 Å². The van der Waals surface area contributed by atoms with Crippen LogP contribution in [0.2, 0.25) is 0 Å². The lowest BCUT2D eigenvalue weighted by Gasteiger charge is -2.16. The quantitative estimate of drug-likeness (QED) is 0.807. The topological polar surface area (TPSA) is 3.24 Å². The molecule has 0 N–H and O–H groups in total. The van der Waals surface area contributed by atoms with Crippen molar-refractivity contribution in [2.45, 2.75) is 19.9 Å². The maximum atomic E-state index is 2.60. The van der Waals surface area contributed by atoms with E-state index in [2.05, 4.69) is 72.5 Å². The zero-order valence-corrected chi connectivity index (χ0v) is 12.2. The van der Waals surface area contributed by atoms with Gasteiger partial charge in [-0.3, -0.25) is 4.90 Å². The van der Waals surface area contributed by atoms with Crippen molar-refractivity contribution < 1.29 is 0 Å². The molecule has 0 amide bonds. The number of nitrogens with zero attached hydrogens (tertiary/aromatic N) is 1. The Bertz CT molecular complexity index is 520. The van der Waals surface area contributed by atoms with Crippen LogP contribution in [0.25, 0.3) is 0 Å². The summed E-state index contributed by atoms with van der Waals surface area (Å²) in [5.41, 5.74) is 2.91. The number of hydrogen-bond acceptors (Lipinski definition) is 1. The summed E-state index contributed by atoms with van der Waals surface area (Å²) in [6.07, 6.45) is 1.22. The van der Waals surface area contributed by atoms with Crippen molar-refractivity contribution in [3.05, 3.63) is 71.8 Å². The average Bonchev–Trinajstić information content (AvgIpc) is 2.81. The molecule has 104 valence electrons. The Labute approximate surface area is 122 Å². The number of hydrogen-bond donors (Lipinski definition) is 0. The van der Waals surface area contributed by atoms with E-state index in [1.54, 1.807) is 0 Å². The van der Waals surface area contributed by atoms with Gasteiger partial charge >= 0.3 is 0 Å². The van der Waals surface area contributed by atoms with Crippen LogP contribution >= 0.6 is 0 Å². The Morgan fingerprint density at radius 2 is 1.45 bits per heavy atom. The normalized spacial score (nSPS) is 23.1. The maximum absolute atomic E-state index is 2.60. The van der Waals surface area contributed by atoms with Crippen molar-refractivity contribution in [1.29, 1.82) is 0 Å². The summed E-state index contributed by atoms with van der Waals surface area (Å²) >= 11 is 0. The van der Waals surface area contributed by atoms with Gasteiger partial charge in [0.2, 0.25) is 0 Å². The molecule has 0 bridgehead atoms. The zero-order chi connectivity index (χ0) is 13.8. The van der Waals surface area contributed by atoms with Crippen molar-refractivity contribution in [3.63, 3.8) is 0 Å². The van der Waals surface area contributed by atoms with Crippen LogP contribution in [0, 0.1) is 11.8 Å². The highest BCUT2D eigenvalue weighted by molar-refractivity contribution is 5.17. The Balaban J connectivity index is 1.59.